The van der Waals surface area contributed by atoms with Crippen LogP contribution in [0.5, 0.6) is 0 Å². The van der Waals surface area contributed by atoms with Gasteiger partial charge in [0.25, 0.3) is 5.91 Å². The number of benzene rings is 1. The predicted octanol–water partition coefficient (Wildman–Crippen LogP) is 3.95. The maximum absolute atomic E-state index is 12.4. The average Bonchev–Trinajstić information content (AvgIpc) is 3.15. The van der Waals surface area contributed by atoms with E-state index >= 15 is 0 Å². The van der Waals surface area contributed by atoms with Crippen LogP contribution >= 0.6 is 0 Å². The highest BCUT2D eigenvalue weighted by Crippen LogP contribution is 2.26. The molecule has 1 heterocycles. The normalized spacial score (nSPS) is 18.9. The third-order valence-corrected chi connectivity index (χ3v) is 5.28. The van der Waals surface area contributed by atoms with Gasteiger partial charge in [-0.2, -0.15) is 5.26 Å². The van der Waals surface area contributed by atoms with Crippen molar-refractivity contribution in [1.29, 1.82) is 5.26 Å². The summed E-state index contributed by atoms with van der Waals surface area (Å²) in [5.74, 6) is -0.240. The molecular formula is C21H27N3O. The molecule has 1 saturated carbocycles. The summed E-state index contributed by atoms with van der Waals surface area (Å²) in [6.07, 6.45) is 9.82. The number of carbonyl (C=O) groups excluding carboxylic acids is 1. The highest BCUT2D eigenvalue weighted by Gasteiger charge is 2.18. The molecule has 0 spiro atoms. The van der Waals surface area contributed by atoms with E-state index in [2.05, 4.69) is 35.3 Å². The van der Waals surface area contributed by atoms with Gasteiger partial charge in [-0.05, 0) is 61.9 Å². The van der Waals surface area contributed by atoms with E-state index in [1.54, 1.807) is 6.08 Å². The largest absolute Gasteiger partial charge is 0.371 e. The quantitative estimate of drug-likeness (QED) is 0.668. The third kappa shape index (κ3) is 4.42. The van der Waals surface area contributed by atoms with Crippen molar-refractivity contribution in [2.75, 3.05) is 18.0 Å². The minimum atomic E-state index is -0.240. The number of anilines is 1. The monoisotopic (exact) mass is 337 g/mol. The fourth-order valence-corrected chi connectivity index (χ4v) is 3.91. The Morgan fingerprint density at radius 3 is 2.56 bits per heavy atom. The molecule has 4 nitrogen and oxygen atoms in total. The van der Waals surface area contributed by atoms with Gasteiger partial charge in [0.2, 0.25) is 0 Å². The Morgan fingerprint density at radius 1 is 1.20 bits per heavy atom. The first-order valence-electron chi connectivity index (χ1n) is 9.45. The Bertz CT molecular complexity index is 690. The summed E-state index contributed by atoms with van der Waals surface area (Å²) in [5.41, 5.74) is 3.56. The van der Waals surface area contributed by atoms with Crippen molar-refractivity contribution in [3.8, 4) is 6.07 Å². The van der Waals surface area contributed by atoms with E-state index in [4.69, 9.17) is 0 Å². The van der Waals surface area contributed by atoms with Crippen molar-refractivity contribution < 1.29 is 4.79 Å². The van der Waals surface area contributed by atoms with Crippen LogP contribution in [-0.4, -0.2) is 25.0 Å². The molecular weight excluding hydrogens is 310 g/mol. The zero-order valence-corrected chi connectivity index (χ0v) is 15.1. The Hall–Kier alpha value is -2.28. The van der Waals surface area contributed by atoms with Crippen molar-refractivity contribution >= 4 is 17.7 Å². The van der Waals surface area contributed by atoms with Crippen LogP contribution in [-0.2, 0) is 4.79 Å². The van der Waals surface area contributed by atoms with E-state index in [1.165, 1.54) is 30.5 Å². The summed E-state index contributed by atoms with van der Waals surface area (Å²) in [7, 11) is 0. The molecule has 0 bridgehead atoms. The molecule has 0 radical (unpaired) electrons. The highest BCUT2D eigenvalue weighted by molar-refractivity contribution is 6.01. The van der Waals surface area contributed by atoms with Gasteiger partial charge in [0.15, 0.2) is 0 Å². The molecule has 1 saturated heterocycles. The molecule has 1 aromatic rings. The van der Waals surface area contributed by atoms with Crippen LogP contribution in [0.25, 0.3) is 6.08 Å². The Morgan fingerprint density at radius 2 is 1.92 bits per heavy atom. The number of nitrogens with zero attached hydrogens (tertiary/aromatic N) is 2. The van der Waals surface area contributed by atoms with Crippen LogP contribution in [0, 0.1) is 18.3 Å². The maximum atomic E-state index is 12.4. The second kappa shape index (κ2) is 8.20. The van der Waals surface area contributed by atoms with Gasteiger partial charge in [-0.15, -0.1) is 0 Å². The Kier molecular flexibility index (Phi) is 5.75. The fraction of sp³-hybridized carbons (Fsp3) is 0.524. The number of aryl methyl sites for hydroxylation is 1. The molecule has 1 aromatic carbocycles. The number of hydrogen-bond acceptors (Lipinski definition) is 3. The zero-order chi connectivity index (χ0) is 17.6. The lowest BCUT2D eigenvalue weighted by molar-refractivity contribution is -0.117. The Balaban J connectivity index is 1.71. The first-order valence-corrected chi connectivity index (χ1v) is 9.45. The third-order valence-electron chi connectivity index (χ3n) is 5.28. The van der Waals surface area contributed by atoms with Crippen LogP contribution in [0.15, 0.2) is 23.8 Å². The summed E-state index contributed by atoms with van der Waals surface area (Å²) in [5, 5.41) is 12.4. The lowest BCUT2D eigenvalue weighted by Gasteiger charge is -2.22. The van der Waals surface area contributed by atoms with E-state index in [9.17, 15) is 10.1 Å². The van der Waals surface area contributed by atoms with Crippen molar-refractivity contribution in [2.24, 2.45) is 0 Å². The minimum Gasteiger partial charge on any atom is -0.371 e. The molecule has 2 fully saturated rings. The van der Waals surface area contributed by atoms with Gasteiger partial charge >= 0.3 is 0 Å². The molecule has 132 valence electrons. The Labute approximate surface area is 150 Å². The van der Waals surface area contributed by atoms with Crippen molar-refractivity contribution in [2.45, 2.75) is 57.9 Å². The predicted molar refractivity (Wildman–Crippen MR) is 101 cm³/mol. The first-order chi connectivity index (χ1) is 12.2. The highest BCUT2D eigenvalue weighted by atomic mass is 16.1. The molecule has 2 aliphatic rings. The van der Waals surface area contributed by atoms with Gasteiger partial charge < -0.3 is 10.2 Å². The van der Waals surface area contributed by atoms with Gasteiger partial charge in [0.1, 0.15) is 11.6 Å². The smallest absolute Gasteiger partial charge is 0.262 e. The second-order valence-electron chi connectivity index (χ2n) is 7.22. The number of nitriles is 1. The van der Waals surface area contributed by atoms with Crippen LogP contribution in [0.1, 0.15) is 56.1 Å². The number of amides is 1. The van der Waals surface area contributed by atoms with E-state index in [0.717, 1.165) is 44.3 Å². The van der Waals surface area contributed by atoms with E-state index in [-0.39, 0.29) is 17.5 Å². The molecule has 1 N–H and O–H groups in total. The van der Waals surface area contributed by atoms with Crippen molar-refractivity contribution in [3.05, 3.63) is 34.9 Å². The SMILES string of the molecule is Cc1cc(C=C(C#N)C(=O)NC2CCCCC2)ccc1N1CCCC1. The van der Waals surface area contributed by atoms with Crippen LogP contribution in [0.4, 0.5) is 5.69 Å². The molecule has 0 atom stereocenters. The lowest BCUT2D eigenvalue weighted by Crippen LogP contribution is -2.36. The van der Waals surface area contributed by atoms with Gasteiger partial charge in [0.05, 0.1) is 0 Å². The summed E-state index contributed by atoms with van der Waals surface area (Å²) in [4.78, 5) is 14.8. The van der Waals surface area contributed by atoms with Gasteiger partial charge in [-0.3, -0.25) is 4.79 Å². The van der Waals surface area contributed by atoms with Crippen LogP contribution < -0.4 is 10.2 Å². The molecule has 1 amide bonds. The summed E-state index contributed by atoms with van der Waals surface area (Å²) >= 11 is 0. The summed E-state index contributed by atoms with van der Waals surface area (Å²) < 4.78 is 0. The first kappa shape index (κ1) is 17.5. The lowest BCUT2D eigenvalue weighted by atomic mass is 9.95. The zero-order valence-electron chi connectivity index (χ0n) is 15.1. The molecule has 3 rings (SSSR count). The number of rotatable bonds is 4. The standard InChI is InChI=1S/C21H27N3O/c1-16-13-17(9-10-20(16)24-11-5-6-12-24)14-18(15-22)21(25)23-19-7-3-2-4-8-19/h9-10,13-14,19H,2-8,11-12H2,1H3,(H,23,25). The van der Waals surface area contributed by atoms with Crippen LogP contribution in [0.3, 0.4) is 0 Å². The average molecular weight is 337 g/mol. The van der Waals surface area contributed by atoms with E-state index in [0.29, 0.717) is 0 Å². The van der Waals surface area contributed by atoms with E-state index in [1.807, 2.05) is 6.07 Å². The van der Waals surface area contributed by atoms with Crippen LogP contribution in [0.2, 0.25) is 0 Å². The fourth-order valence-electron chi connectivity index (χ4n) is 3.91. The van der Waals surface area contributed by atoms with Crippen molar-refractivity contribution in [3.63, 3.8) is 0 Å². The van der Waals surface area contributed by atoms with E-state index < -0.39 is 0 Å². The summed E-state index contributed by atoms with van der Waals surface area (Å²) in [6.45, 7) is 4.33. The van der Waals surface area contributed by atoms with Gasteiger partial charge in [0, 0.05) is 24.8 Å². The number of hydrogen-bond donors (Lipinski definition) is 1. The second-order valence-corrected chi connectivity index (χ2v) is 7.22. The topological polar surface area (TPSA) is 56.1 Å². The number of nitrogens with one attached hydrogen (secondary N) is 1. The van der Waals surface area contributed by atoms with Gasteiger partial charge in [-0.1, -0.05) is 25.3 Å². The molecule has 4 heteroatoms. The maximum Gasteiger partial charge on any atom is 0.262 e. The summed E-state index contributed by atoms with van der Waals surface area (Å²) in [6, 6.07) is 8.47. The molecule has 0 aromatic heterocycles. The number of carbonyl (C=O) groups is 1. The van der Waals surface area contributed by atoms with Crippen molar-refractivity contribution in [1.82, 2.24) is 5.32 Å². The molecule has 1 aliphatic carbocycles. The molecule has 1 aliphatic heterocycles. The van der Waals surface area contributed by atoms with Gasteiger partial charge in [-0.25, -0.2) is 0 Å². The molecule has 0 unspecified atom stereocenters. The molecule has 25 heavy (non-hydrogen) atoms. The minimum absolute atomic E-state index is 0.193.